The van der Waals surface area contributed by atoms with Gasteiger partial charge in [0.15, 0.2) is 0 Å². The van der Waals surface area contributed by atoms with Gasteiger partial charge in [0.05, 0.1) is 6.10 Å². The van der Waals surface area contributed by atoms with Crippen molar-refractivity contribution in [3.05, 3.63) is 24.0 Å². The maximum absolute atomic E-state index is 11.7. The van der Waals surface area contributed by atoms with E-state index >= 15 is 0 Å². The van der Waals surface area contributed by atoms with Gasteiger partial charge in [-0.3, -0.25) is 9.78 Å². The van der Waals surface area contributed by atoms with Crippen molar-refractivity contribution in [1.29, 1.82) is 0 Å². The van der Waals surface area contributed by atoms with Gasteiger partial charge in [-0.05, 0) is 19.1 Å². The summed E-state index contributed by atoms with van der Waals surface area (Å²) >= 11 is 0. The number of nitrogens with one attached hydrogen (secondary N) is 1. The quantitative estimate of drug-likeness (QED) is 0.681. The Bertz CT molecular complexity index is 407. The Morgan fingerprint density at radius 2 is 2.28 bits per heavy atom. The van der Waals surface area contributed by atoms with Crippen LogP contribution < -0.4 is 11.1 Å². The molecule has 1 aromatic heterocycles. The fourth-order valence-corrected chi connectivity index (χ4v) is 1.29. The third-order valence-electron chi connectivity index (χ3n) is 2.55. The molecule has 0 bridgehead atoms. The van der Waals surface area contributed by atoms with Gasteiger partial charge in [0, 0.05) is 38.6 Å². The van der Waals surface area contributed by atoms with Gasteiger partial charge in [-0.1, -0.05) is 0 Å². The molecular formula is C12H20N4O2. The van der Waals surface area contributed by atoms with Gasteiger partial charge in [0.25, 0.3) is 5.91 Å². The Morgan fingerprint density at radius 1 is 1.61 bits per heavy atom. The Balaban J connectivity index is 2.68. The van der Waals surface area contributed by atoms with Gasteiger partial charge in [0.2, 0.25) is 0 Å². The van der Waals surface area contributed by atoms with E-state index in [0.29, 0.717) is 12.2 Å². The fourth-order valence-electron chi connectivity index (χ4n) is 1.29. The van der Waals surface area contributed by atoms with Crippen LogP contribution in [0.2, 0.25) is 0 Å². The van der Waals surface area contributed by atoms with Crippen molar-refractivity contribution in [2.75, 3.05) is 26.0 Å². The number of aliphatic hydroxyl groups excluding tert-OH is 1. The summed E-state index contributed by atoms with van der Waals surface area (Å²) in [6.45, 7) is 2.07. The zero-order valence-electron chi connectivity index (χ0n) is 10.9. The Hall–Kier alpha value is -1.66. The molecule has 0 aliphatic rings. The molecule has 0 spiro atoms. The maximum Gasteiger partial charge on any atom is 0.272 e. The number of nitrogens with two attached hydrogens (primary N) is 1. The standard InChI is InChI=1S/C12H20N4O2/c1-8(17)10(13)7-15-9-4-5-14-11(6-9)12(18)16(2)3/h4-6,8,10,17H,7,13H2,1-3H3,(H,14,15). The number of anilines is 1. The van der Waals surface area contributed by atoms with Crippen molar-refractivity contribution in [2.24, 2.45) is 5.73 Å². The Labute approximate surface area is 107 Å². The van der Waals surface area contributed by atoms with Crippen LogP contribution in [0, 0.1) is 0 Å². The van der Waals surface area contributed by atoms with E-state index < -0.39 is 6.10 Å². The van der Waals surface area contributed by atoms with Crippen LogP contribution in [0.25, 0.3) is 0 Å². The fraction of sp³-hybridized carbons (Fsp3) is 0.500. The summed E-state index contributed by atoms with van der Waals surface area (Å²) in [6, 6.07) is 3.06. The summed E-state index contributed by atoms with van der Waals surface area (Å²) in [4.78, 5) is 17.2. The van der Waals surface area contributed by atoms with Crippen LogP contribution in [-0.2, 0) is 0 Å². The molecule has 0 radical (unpaired) electrons. The highest BCUT2D eigenvalue weighted by Crippen LogP contribution is 2.09. The van der Waals surface area contributed by atoms with Crippen LogP contribution in [0.3, 0.4) is 0 Å². The minimum Gasteiger partial charge on any atom is -0.392 e. The Morgan fingerprint density at radius 3 is 2.83 bits per heavy atom. The second-order valence-electron chi connectivity index (χ2n) is 4.41. The lowest BCUT2D eigenvalue weighted by Gasteiger charge is -2.16. The molecule has 2 unspecified atom stereocenters. The van der Waals surface area contributed by atoms with Crippen LogP contribution in [0.4, 0.5) is 5.69 Å². The van der Waals surface area contributed by atoms with E-state index in [9.17, 15) is 9.90 Å². The van der Waals surface area contributed by atoms with Crippen LogP contribution in [0.5, 0.6) is 0 Å². The summed E-state index contributed by atoms with van der Waals surface area (Å²) in [5.74, 6) is -0.154. The van der Waals surface area contributed by atoms with Crippen LogP contribution >= 0.6 is 0 Å². The molecular weight excluding hydrogens is 232 g/mol. The number of pyridine rings is 1. The second-order valence-corrected chi connectivity index (χ2v) is 4.41. The van der Waals surface area contributed by atoms with E-state index in [1.807, 2.05) is 0 Å². The first-order valence-corrected chi connectivity index (χ1v) is 5.77. The molecule has 0 aliphatic carbocycles. The van der Waals surface area contributed by atoms with E-state index in [1.54, 1.807) is 39.3 Å². The summed E-state index contributed by atoms with van der Waals surface area (Å²) in [7, 11) is 3.35. The lowest BCUT2D eigenvalue weighted by Crippen LogP contribution is -2.38. The number of aliphatic hydroxyl groups is 1. The molecule has 4 N–H and O–H groups in total. The summed E-state index contributed by atoms with van der Waals surface area (Å²) in [6.07, 6.45) is 0.981. The molecule has 1 aromatic rings. The average Bonchev–Trinajstić information content (AvgIpc) is 2.35. The van der Waals surface area contributed by atoms with E-state index in [1.165, 1.54) is 4.90 Å². The summed E-state index contributed by atoms with van der Waals surface area (Å²) < 4.78 is 0. The number of carbonyl (C=O) groups excluding carboxylic acids is 1. The first-order valence-electron chi connectivity index (χ1n) is 5.77. The number of hydrogen-bond donors (Lipinski definition) is 3. The molecule has 1 rings (SSSR count). The van der Waals surface area contributed by atoms with Gasteiger partial charge in [0.1, 0.15) is 5.69 Å². The number of amides is 1. The molecule has 6 nitrogen and oxygen atoms in total. The highest BCUT2D eigenvalue weighted by atomic mass is 16.3. The van der Waals surface area contributed by atoms with Gasteiger partial charge in [-0.15, -0.1) is 0 Å². The molecule has 6 heteroatoms. The molecule has 2 atom stereocenters. The molecule has 100 valence electrons. The molecule has 0 aliphatic heterocycles. The van der Waals surface area contributed by atoms with Crippen molar-refractivity contribution in [3.63, 3.8) is 0 Å². The molecule has 0 fully saturated rings. The normalized spacial score (nSPS) is 13.8. The average molecular weight is 252 g/mol. The second kappa shape index (κ2) is 6.32. The highest BCUT2D eigenvalue weighted by molar-refractivity contribution is 5.92. The number of aromatic nitrogens is 1. The maximum atomic E-state index is 11.7. The molecule has 1 heterocycles. The van der Waals surface area contributed by atoms with E-state index in [2.05, 4.69) is 10.3 Å². The van der Waals surface area contributed by atoms with Crippen molar-refractivity contribution in [1.82, 2.24) is 9.88 Å². The zero-order chi connectivity index (χ0) is 13.7. The first kappa shape index (κ1) is 14.4. The van der Waals surface area contributed by atoms with E-state index in [-0.39, 0.29) is 11.9 Å². The highest BCUT2D eigenvalue weighted by Gasteiger charge is 2.11. The van der Waals surface area contributed by atoms with Gasteiger partial charge in [-0.2, -0.15) is 0 Å². The molecule has 0 aromatic carbocycles. The SMILES string of the molecule is CC(O)C(N)CNc1ccnc(C(=O)N(C)C)c1. The van der Waals surface area contributed by atoms with Crippen LogP contribution in [0.1, 0.15) is 17.4 Å². The number of rotatable bonds is 5. The van der Waals surface area contributed by atoms with Gasteiger partial charge >= 0.3 is 0 Å². The molecule has 0 saturated carbocycles. The van der Waals surface area contributed by atoms with Crippen molar-refractivity contribution >= 4 is 11.6 Å². The number of hydrogen-bond acceptors (Lipinski definition) is 5. The molecule has 1 amide bonds. The summed E-state index contributed by atoms with van der Waals surface area (Å²) in [5, 5.41) is 12.3. The van der Waals surface area contributed by atoms with Crippen LogP contribution in [0.15, 0.2) is 18.3 Å². The summed E-state index contributed by atoms with van der Waals surface area (Å²) in [5.41, 5.74) is 6.83. The monoisotopic (exact) mass is 252 g/mol. The topological polar surface area (TPSA) is 91.5 Å². The van der Waals surface area contributed by atoms with Crippen molar-refractivity contribution < 1.29 is 9.90 Å². The molecule has 0 saturated heterocycles. The van der Waals surface area contributed by atoms with Crippen molar-refractivity contribution in [3.8, 4) is 0 Å². The third-order valence-corrected chi connectivity index (χ3v) is 2.55. The largest absolute Gasteiger partial charge is 0.392 e. The van der Waals surface area contributed by atoms with E-state index in [4.69, 9.17) is 5.73 Å². The third kappa shape index (κ3) is 3.97. The lowest BCUT2D eigenvalue weighted by atomic mass is 10.2. The van der Waals surface area contributed by atoms with Crippen molar-refractivity contribution in [2.45, 2.75) is 19.1 Å². The number of nitrogens with zero attached hydrogens (tertiary/aromatic N) is 2. The number of carbonyl (C=O) groups is 1. The smallest absolute Gasteiger partial charge is 0.272 e. The minimum absolute atomic E-state index is 0.154. The Kier molecular flexibility index (Phi) is 5.06. The lowest BCUT2D eigenvalue weighted by molar-refractivity contribution is 0.0822. The van der Waals surface area contributed by atoms with Crippen LogP contribution in [-0.4, -0.2) is 53.7 Å². The van der Waals surface area contributed by atoms with Gasteiger partial charge < -0.3 is 21.1 Å². The predicted molar refractivity (Wildman–Crippen MR) is 70.4 cm³/mol. The van der Waals surface area contributed by atoms with E-state index in [0.717, 1.165) is 5.69 Å². The first-order chi connectivity index (χ1) is 8.41. The van der Waals surface area contributed by atoms with Gasteiger partial charge in [-0.25, -0.2) is 0 Å². The zero-order valence-corrected chi connectivity index (χ0v) is 10.9. The minimum atomic E-state index is -0.581. The molecule has 18 heavy (non-hydrogen) atoms. The predicted octanol–water partition coefficient (Wildman–Crippen LogP) is -0.0966.